The SMILES string of the molecule is C=C(NCc1ccc(C=O)c(Cl)c1)c1cc(C)ccc1NC(=O)C(C)CCC(N)=O. The summed E-state index contributed by atoms with van der Waals surface area (Å²) in [7, 11) is 0. The molecule has 7 heteroatoms. The second-order valence-corrected chi connectivity index (χ2v) is 7.66. The molecule has 0 aliphatic rings. The molecule has 0 saturated carbocycles. The van der Waals surface area contributed by atoms with E-state index in [9.17, 15) is 14.4 Å². The zero-order valence-corrected chi connectivity index (χ0v) is 17.9. The maximum absolute atomic E-state index is 12.5. The van der Waals surface area contributed by atoms with E-state index in [-0.39, 0.29) is 18.2 Å². The lowest BCUT2D eigenvalue weighted by Crippen LogP contribution is -2.23. The fourth-order valence-electron chi connectivity index (χ4n) is 2.84. The molecule has 0 fully saturated rings. The molecule has 30 heavy (non-hydrogen) atoms. The second kappa shape index (κ2) is 10.6. The molecule has 0 radical (unpaired) electrons. The van der Waals surface area contributed by atoms with Crippen LogP contribution in [0.2, 0.25) is 5.02 Å². The molecule has 158 valence electrons. The number of primary amides is 1. The van der Waals surface area contributed by atoms with Gasteiger partial charge >= 0.3 is 0 Å². The van der Waals surface area contributed by atoms with Gasteiger partial charge in [0.05, 0.1) is 10.7 Å². The fraction of sp³-hybridized carbons (Fsp3) is 0.261. The van der Waals surface area contributed by atoms with Crippen molar-refractivity contribution >= 4 is 41.1 Å². The van der Waals surface area contributed by atoms with Crippen LogP contribution >= 0.6 is 11.6 Å². The van der Waals surface area contributed by atoms with Crippen LogP contribution in [-0.4, -0.2) is 18.1 Å². The van der Waals surface area contributed by atoms with Gasteiger partial charge in [-0.25, -0.2) is 0 Å². The van der Waals surface area contributed by atoms with Gasteiger partial charge in [-0.2, -0.15) is 0 Å². The van der Waals surface area contributed by atoms with Gasteiger partial charge in [0.25, 0.3) is 0 Å². The Labute approximate surface area is 181 Å². The van der Waals surface area contributed by atoms with E-state index in [1.807, 2.05) is 31.2 Å². The van der Waals surface area contributed by atoms with E-state index < -0.39 is 5.91 Å². The molecule has 2 aromatic carbocycles. The van der Waals surface area contributed by atoms with Crippen LogP contribution in [0.3, 0.4) is 0 Å². The van der Waals surface area contributed by atoms with Crippen molar-refractivity contribution in [1.82, 2.24) is 5.32 Å². The number of rotatable bonds is 10. The number of nitrogens with one attached hydrogen (secondary N) is 2. The number of anilines is 1. The molecule has 0 bridgehead atoms. The van der Waals surface area contributed by atoms with Crippen molar-refractivity contribution in [3.8, 4) is 0 Å². The van der Waals surface area contributed by atoms with Crippen LogP contribution < -0.4 is 16.4 Å². The molecule has 2 amide bonds. The van der Waals surface area contributed by atoms with Crippen LogP contribution in [-0.2, 0) is 16.1 Å². The highest BCUT2D eigenvalue weighted by atomic mass is 35.5. The van der Waals surface area contributed by atoms with Crippen molar-refractivity contribution in [3.63, 3.8) is 0 Å². The Kier molecular flexibility index (Phi) is 8.18. The standard InChI is InChI=1S/C23H26ClN3O3/c1-14-4-8-21(27-23(30)15(2)5-9-22(25)29)19(10-14)16(3)26-12-17-6-7-18(13-28)20(24)11-17/h4,6-8,10-11,13,15,26H,3,5,9,12H2,1-2H3,(H2,25,29)(H,27,30). The van der Waals surface area contributed by atoms with E-state index in [0.29, 0.717) is 41.2 Å². The Morgan fingerprint density at radius 2 is 1.97 bits per heavy atom. The molecule has 0 aliphatic heterocycles. The first-order chi connectivity index (χ1) is 14.2. The molecule has 0 saturated heterocycles. The van der Waals surface area contributed by atoms with Crippen LogP contribution in [0.1, 0.15) is 46.8 Å². The largest absolute Gasteiger partial charge is 0.381 e. The molecule has 2 rings (SSSR count). The maximum atomic E-state index is 12.5. The topological polar surface area (TPSA) is 101 Å². The van der Waals surface area contributed by atoms with Crippen LogP contribution in [0.25, 0.3) is 5.70 Å². The van der Waals surface area contributed by atoms with Crippen molar-refractivity contribution in [2.24, 2.45) is 11.7 Å². The average molecular weight is 428 g/mol. The normalized spacial score (nSPS) is 11.4. The number of hydrogen-bond acceptors (Lipinski definition) is 4. The first kappa shape index (κ1) is 23.2. The number of hydrogen-bond donors (Lipinski definition) is 3. The van der Waals surface area contributed by atoms with Gasteiger partial charge in [0.15, 0.2) is 6.29 Å². The van der Waals surface area contributed by atoms with Gasteiger partial charge in [-0.1, -0.05) is 42.8 Å². The average Bonchev–Trinajstić information content (AvgIpc) is 2.71. The minimum Gasteiger partial charge on any atom is -0.381 e. The van der Waals surface area contributed by atoms with Crippen LogP contribution in [0.5, 0.6) is 0 Å². The monoisotopic (exact) mass is 427 g/mol. The molecule has 2 aromatic rings. The van der Waals surface area contributed by atoms with Gasteiger partial charge in [0, 0.05) is 35.7 Å². The minimum atomic E-state index is -0.426. The van der Waals surface area contributed by atoms with Crippen LogP contribution in [0, 0.1) is 12.8 Å². The molecule has 6 nitrogen and oxygen atoms in total. The number of halogens is 1. The summed E-state index contributed by atoms with van der Waals surface area (Å²) in [5, 5.41) is 6.54. The number of benzene rings is 2. The van der Waals surface area contributed by atoms with E-state index in [1.165, 1.54) is 0 Å². The first-order valence-electron chi connectivity index (χ1n) is 9.57. The number of aryl methyl sites for hydroxylation is 1. The third-order valence-corrected chi connectivity index (χ3v) is 5.05. The van der Waals surface area contributed by atoms with Crippen molar-refractivity contribution in [1.29, 1.82) is 0 Å². The fourth-order valence-corrected chi connectivity index (χ4v) is 3.09. The van der Waals surface area contributed by atoms with Crippen molar-refractivity contribution in [3.05, 3.63) is 70.3 Å². The molecular weight excluding hydrogens is 402 g/mol. The third-order valence-electron chi connectivity index (χ3n) is 4.73. The number of nitrogens with two attached hydrogens (primary N) is 1. The summed E-state index contributed by atoms with van der Waals surface area (Å²) >= 11 is 6.08. The summed E-state index contributed by atoms with van der Waals surface area (Å²) in [6, 6.07) is 10.9. The molecule has 0 aliphatic carbocycles. The highest BCUT2D eigenvalue weighted by Gasteiger charge is 2.16. The molecule has 0 heterocycles. The van der Waals surface area contributed by atoms with E-state index in [0.717, 1.165) is 16.7 Å². The first-order valence-corrected chi connectivity index (χ1v) is 9.95. The Morgan fingerprint density at radius 3 is 2.60 bits per heavy atom. The van der Waals surface area contributed by atoms with E-state index in [4.69, 9.17) is 17.3 Å². The Morgan fingerprint density at radius 1 is 1.23 bits per heavy atom. The Bertz CT molecular complexity index is 972. The Balaban J connectivity index is 2.10. The van der Waals surface area contributed by atoms with Crippen molar-refractivity contribution in [2.75, 3.05) is 5.32 Å². The smallest absolute Gasteiger partial charge is 0.227 e. The van der Waals surface area contributed by atoms with Crippen molar-refractivity contribution < 1.29 is 14.4 Å². The quantitative estimate of drug-likeness (QED) is 0.497. The van der Waals surface area contributed by atoms with Gasteiger partial charge in [-0.3, -0.25) is 14.4 Å². The highest BCUT2D eigenvalue weighted by Crippen LogP contribution is 2.25. The maximum Gasteiger partial charge on any atom is 0.227 e. The summed E-state index contributed by atoms with van der Waals surface area (Å²) in [6.07, 6.45) is 1.26. The zero-order valence-electron chi connectivity index (χ0n) is 17.1. The lowest BCUT2D eigenvalue weighted by Gasteiger charge is -2.18. The number of aldehydes is 1. The minimum absolute atomic E-state index is 0.162. The summed E-state index contributed by atoms with van der Waals surface area (Å²) in [5.41, 5.74) is 9.54. The lowest BCUT2D eigenvalue weighted by atomic mass is 10.0. The summed E-state index contributed by atoms with van der Waals surface area (Å²) < 4.78 is 0. The van der Waals surface area contributed by atoms with Gasteiger partial charge in [-0.05, 0) is 43.2 Å². The predicted molar refractivity (Wildman–Crippen MR) is 120 cm³/mol. The van der Waals surface area contributed by atoms with E-state index in [2.05, 4.69) is 17.2 Å². The number of carbonyl (C=O) groups excluding carboxylic acids is 3. The molecule has 0 aromatic heterocycles. The number of amides is 2. The molecule has 4 N–H and O–H groups in total. The molecule has 0 spiro atoms. The van der Waals surface area contributed by atoms with Gasteiger partial charge in [-0.15, -0.1) is 0 Å². The van der Waals surface area contributed by atoms with Gasteiger partial charge < -0.3 is 16.4 Å². The second-order valence-electron chi connectivity index (χ2n) is 7.25. The molecule has 1 atom stereocenters. The van der Waals surface area contributed by atoms with Gasteiger partial charge in [0.1, 0.15) is 0 Å². The van der Waals surface area contributed by atoms with Crippen molar-refractivity contribution in [2.45, 2.75) is 33.2 Å². The van der Waals surface area contributed by atoms with E-state index in [1.54, 1.807) is 19.1 Å². The van der Waals surface area contributed by atoms with Gasteiger partial charge in [0.2, 0.25) is 11.8 Å². The zero-order chi connectivity index (χ0) is 22.3. The van der Waals surface area contributed by atoms with Crippen LogP contribution in [0.15, 0.2) is 43.0 Å². The molecule has 1 unspecified atom stereocenters. The third kappa shape index (κ3) is 6.46. The highest BCUT2D eigenvalue weighted by molar-refractivity contribution is 6.33. The predicted octanol–water partition coefficient (Wildman–Crippen LogP) is 4.06. The number of carbonyl (C=O) groups is 3. The lowest BCUT2D eigenvalue weighted by molar-refractivity contribution is -0.120. The van der Waals surface area contributed by atoms with E-state index >= 15 is 0 Å². The Hall–Kier alpha value is -3.12. The summed E-state index contributed by atoms with van der Waals surface area (Å²) in [4.78, 5) is 34.4. The summed E-state index contributed by atoms with van der Waals surface area (Å²) in [6.45, 7) is 8.26. The molecular formula is C23H26ClN3O3. The van der Waals surface area contributed by atoms with Crippen LogP contribution in [0.4, 0.5) is 5.69 Å². The summed E-state index contributed by atoms with van der Waals surface area (Å²) in [5.74, 6) is -0.971.